The second-order valence-corrected chi connectivity index (χ2v) is 8.29. The summed E-state index contributed by atoms with van der Waals surface area (Å²) in [6.45, 7) is 4.46. The van der Waals surface area contributed by atoms with Gasteiger partial charge in [0.15, 0.2) is 0 Å². The highest BCUT2D eigenvalue weighted by Crippen LogP contribution is 2.40. The molecule has 0 aliphatic carbocycles. The van der Waals surface area contributed by atoms with Gasteiger partial charge in [-0.2, -0.15) is 0 Å². The Morgan fingerprint density at radius 1 is 1.13 bits per heavy atom. The maximum Gasteiger partial charge on any atom is 0.295 e. The van der Waals surface area contributed by atoms with E-state index in [1.165, 1.54) is 0 Å². The number of unbranched alkanes of at least 4 members (excludes halogenated alkanes) is 2. The van der Waals surface area contributed by atoms with Crippen LogP contribution in [0, 0.1) is 6.92 Å². The first-order valence-electron chi connectivity index (χ1n) is 10.1. The number of ketones is 1. The Kier molecular flexibility index (Phi) is 6.98. The zero-order valence-corrected chi connectivity index (χ0v) is 19.0. The number of benzene rings is 2. The Bertz CT molecular complexity index is 981. The lowest BCUT2D eigenvalue weighted by Crippen LogP contribution is -2.30. The van der Waals surface area contributed by atoms with Crippen LogP contribution in [0.25, 0.3) is 5.76 Å². The van der Waals surface area contributed by atoms with Crippen LogP contribution in [0.15, 0.2) is 52.5 Å². The Balaban J connectivity index is 2.12. The number of carbonyl (C=O) groups excluding carboxylic acids is 2. The molecule has 0 saturated carbocycles. The van der Waals surface area contributed by atoms with E-state index >= 15 is 0 Å². The number of carbonyl (C=O) groups is 2. The average Bonchev–Trinajstić information content (AvgIpc) is 3.00. The Morgan fingerprint density at radius 2 is 1.83 bits per heavy atom. The van der Waals surface area contributed by atoms with Crippen molar-refractivity contribution in [3.8, 4) is 5.75 Å². The predicted octanol–water partition coefficient (Wildman–Crippen LogP) is 5.38. The number of halogens is 1. The van der Waals surface area contributed by atoms with Crippen molar-refractivity contribution in [1.82, 2.24) is 4.90 Å². The maximum atomic E-state index is 13.0. The predicted molar refractivity (Wildman–Crippen MR) is 120 cm³/mol. The molecule has 1 heterocycles. The van der Waals surface area contributed by atoms with E-state index in [-0.39, 0.29) is 11.3 Å². The molecule has 0 bridgehead atoms. The highest BCUT2D eigenvalue weighted by atomic mass is 79.9. The first kappa shape index (κ1) is 22.1. The van der Waals surface area contributed by atoms with Crippen LogP contribution in [0.4, 0.5) is 0 Å². The van der Waals surface area contributed by atoms with Crippen LogP contribution < -0.4 is 4.74 Å². The molecular formula is C24H26BrNO4. The van der Waals surface area contributed by atoms with Gasteiger partial charge in [0.1, 0.15) is 11.5 Å². The van der Waals surface area contributed by atoms with Crippen molar-refractivity contribution in [3.05, 3.63) is 69.2 Å². The summed E-state index contributed by atoms with van der Waals surface area (Å²) in [7, 11) is 1.59. The van der Waals surface area contributed by atoms with Crippen LogP contribution in [0.2, 0.25) is 0 Å². The fraction of sp³-hybridized carbons (Fsp3) is 0.333. The van der Waals surface area contributed by atoms with Gasteiger partial charge in [-0.15, -0.1) is 0 Å². The smallest absolute Gasteiger partial charge is 0.295 e. The number of nitrogens with zero attached hydrogens (tertiary/aromatic N) is 1. The average molecular weight is 472 g/mol. The lowest BCUT2D eigenvalue weighted by Gasteiger charge is -2.25. The maximum absolute atomic E-state index is 13.0. The second-order valence-electron chi connectivity index (χ2n) is 7.44. The molecule has 6 heteroatoms. The summed E-state index contributed by atoms with van der Waals surface area (Å²) in [5, 5.41) is 11.1. The topological polar surface area (TPSA) is 66.8 Å². The van der Waals surface area contributed by atoms with Crippen molar-refractivity contribution in [2.24, 2.45) is 0 Å². The number of amides is 1. The molecule has 1 amide bonds. The molecule has 5 nitrogen and oxygen atoms in total. The summed E-state index contributed by atoms with van der Waals surface area (Å²) in [5.41, 5.74) is 2.34. The fourth-order valence-electron chi connectivity index (χ4n) is 3.72. The number of hydrogen-bond donors (Lipinski definition) is 1. The van der Waals surface area contributed by atoms with Gasteiger partial charge in [-0.05, 0) is 48.7 Å². The third-order valence-corrected chi connectivity index (χ3v) is 6.30. The first-order valence-corrected chi connectivity index (χ1v) is 10.9. The second kappa shape index (κ2) is 9.47. The summed E-state index contributed by atoms with van der Waals surface area (Å²) < 4.78 is 6.14. The minimum atomic E-state index is -0.648. The zero-order valence-electron chi connectivity index (χ0n) is 17.4. The standard InChI is InChI=1S/C24H26BrNO4/c1-4-5-6-13-26-21(16-7-10-18(30-3)11-8-16)20(23(28)24(26)29)22(27)17-9-12-19(25)15(2)14-17/h7-12,14,21,27H,4-6,13H2,1-3H3/b22-20-. The van der Waals surface area contributed by atoms with Crippen molar-refractivity contribution >= 4 is 33.4 Å². The van der Waals surface area contributed by atoms with Gasteiger partial charge in [-0.1, -0.05) is 53.9 Å². The highest BCUT2D eigenvalue weighted by Gasteiger charge is 2.45. The van der Waals surface area contributed by atoms with E-state index < -0.39 is 17.7 Å². The van der Waals surface area contributed by atoms with E-state index in [0.29, 0.717) is 17.9 Å². The molecule has 0 radical (unpaired) electrons. The van der Waals surface area contributed by atoms with Crippen molar-refractivity contribution in [3.63, 3.8) is 0 Å². The largest absolute Gasteiger partial charge is 0.507 e. The van der Waals surface area contributed by atoms with Gasteiger partial charge in [-0.3, -0.25) is 9.59 Å². The van der Waals surface area contributed by atoms with Gasteiger partial charge in [0.2, 0.25) is 0 Å². The molecular weight excluding hydrogens is 446 g/mol. The minimum absolute atomic E-state index is 0.128. The number of rotatable bonds is 7. The van der Waals surface area contributed by atoms with E-state index in [0.717, 1.165) is 34.9 Å². The molecule has 0 aromatic heterocycles. The van der Waals surface area contributed by atoms with E-state index in [2.05, 4.69) is 22.9 Å². The molecule has 1 atom stereocenters. The van der Waals surface area contributed by atoms with Gasteiger partial charge in [0.05, 0.1) is 18.7 Å². The molecule has 30 heavy (non-hydrogen) atoms. The molecule has 1 N–H and O–H groups in total. The van der Waals surface area contributed by atoms with Crippen LogP contribution in [-0.2, 0) is 9.59 Å². The number of methoxy groups -OCH3 is 1. The number of likely N-dealkylation sites (tertiary alicyclic amines) is 1. The van der Waals surface area contributed by atoms with E-state index in [1.807, 2.05) is 25.1 Å². The summed E-state index contributed by atoms with van der Waals surface area (Å²) in [4.78, 5) is 27.4. The summed E-state index contributed by atoms with van der Waals surface area (Å²) in [6, 6.07) is 12.0. The molecule has 0 spiro atoms. The molecule has 1 aliphatic heterocycles. The molecule has 1 unspecified atom stereocenters. The number of aryl methyl sites for hydroxylation is 1. The fourth-order valence-corrected chi connectivity index (χ4v) is 3.97. The van der Waals surface area contributed by atoms with Crippen LogP contribution >= 0.6 is 15.9 Å². The molecule has 2 aromatic carbocycles. The molecule has 3 rings (SSSR count). The van der Waals surface area contributed by atoms with Crippen LogP contribution in [0.3, 0.4) is 0 Å². The SMILES string of the molecule is CCCCCN1C(=O)C(=O)/C(=C(\O)c2ccc(Br)c(C)c2)C1c1ccc(OC)cc1. The first-order chi connectivity index (χ1) is 14.4. The minimum Gasteiger partial charge on any atom is -0.507 e. The molecule has 1 fully saturated rings. The molecule has 2 aromatic rings. The monoisotopic (exact) mass is 471 g/mol. The summed E-state index contributed by atoms with van der Waals surface area (Å²) in [5.74, 6) is -0.680. The lowest BCUT2D eigenvalue weighted by atomic mass is 9.94. The number of hydrogen-bond acceptors (Lipinski definition) is 4. The number of aliphatic hydroxyl groups excluding tert-OH is 1. The zero-order chi connectivity index (χ0) is 21.8. The number of aliphatic hydroxyl groups is 1. The Labute approximate surface area is 185 Å². The summed E-state index contributed by atoms with van der Waals surface area (Å²) in [6.07, 6.45) is 2.77. The Hall–Kier alpha value is -2.60. The van der Waals surface area contributed by atoms with E-state index in [1.54, 1.807) is 36.3 Å². The normalized spacial score (nSPS) is 18.1. The third kappa shape index (κ3) is 4.29. The van der Waals surface area contributed by atoms with E-state index in [4.69, 9.17) is 4.74 Å². The van der Waals surface area contributed by atoms with Crippen molar-refractivity contribution < 1.29 is 19.4 Å². The van der Waals surface area contributed by atoms with E-state index in [9.17, 15) is 14.7 Å². The van der Waals surface area contributed by atoms with Crippen molar-refractivity contribution in [2.75, 3.05) is 13.7 Å². The summed E-state index contributed by atoms with van der Waals surface area (Å²) >= 11 is 3.45. The molecule has 158 valence electrons. The highest BCUT2D eigenvalue weighted by molar-refractivity contribution is 9.10. The quantitative estimate of drug-likeness (QED) is 0.254. The Morgan fingerprint density at radius 3 is 2.43 bits per heavy atom. The van der Waals surface area contributed by atoms with Crippen LogP contribution in [-0.4, -0.2) is 35.4 Å². The van der Waals surface area contributed by atoms with Crippen molar-refractivity contribution in [1.29, 1.82) is 0 Å². The van der Waals surface area contributed by atoms with Gasteiger partial charge in [0, 0.05) is 16.6 Å². The van der Waals surface area contributed by atoms with Gasteiger partial charge < -0.3 is 14.7 Å². The number of ether oxygens (including phenoxy) is 1. The van der Waals surface area contributed by atoms with Gasteiger partial charge in [-0.25, -0.2) is 0 Å². The third-order valence-electron chi connectivity index (χ3n) is 5.41. The molecule has 1 aliphatic rings. The van der Waals surface area contributed by atoms with Crippen LogP contribution in [0.1, 0.15) is 48.9 Å². The van der Waals surface area contributed by atoms with Gasteiger partial charge in [0.25, 0.3) is 11.7 Å². The lowest BCUT2D eigenvalue weighted by molar-refractivity contribution is -0.139. The van der Waals surface area contributed by atoms with Crippen molar-refractivity contribution in [2.45, 2.75) is 39.2 Å². The number of Topliss-reactive ketones (excluding diaryl/α,β-unsaturated/α-hetero) is 1. The van der Waals surface area contributed by atoms with Crippen LogP contribution in [0.5, 0.6) is 5.75 Å². The molecule has 1 saturated heterocycles. The van der Waals surface area contributed by atoms with Gasteiger partial charge >= 0.3 is 0 Å².